The summed E-state index contributed by atoms with van der Waals surface area (Å²) in [6.07, 6.45) is -0.644. The van der Waals surface area contributed by atoms with Gasteiger partial charge in [-0.25, -0.2) is 0 Å². The number of nitrogen functional groups attached to an aromatic ring is 1. The third-order valence-electron chi connectivity index (χ3n) is 3.48. The van der Waals surface area contributed by atoms with Crippen molar-refractivity contribution < 1.29 is 5.11 Å². The lowest BCUT2D eigenvalue weighted by Crippen LogP contribution is -2.44. The number of aliphatic hydroxyl groups excluding tert-OH is 1. The zero-order valence-corrected chi connectivity index (χ0v) is 10.8. The molecule has 3 N–H and O–H groups in total. The minimum Gasteiger partial charge on any atom is -0.399 e. The minimum absolute atomic E-state index is 0.644. The summed E-state index contributed by atoms with van der Waals surface area (Å²) in [5, 5.41) is 10.3. The van der Waals surface area contributed by atoms with Crippen LogP contribution < -0.4 is 5.73 Å². The molecule has 1 aliphatic heterocycles. The highest BCUT2D eigenvalue weighted by Gasteiger charge is 2.20. The van der Waals surface area contributed by atoms with Crippen LogP contribution in [0.15, 0.2) is 36.5 Å². The number of aliphatic hydroxyl groups is 1. The third kappa shape index (κ3) is 2.83. The summed E-state index contributed by atoms with van der Waals surface area (Å²) in [5.74, 6) is 0. The lowest BCUT2D eigenvalue weighted by Gasteiger charge is -2.36. The van der Waals surface area contributed by atoms with Gasteiger partial charge in [0.2, 0.25) is 0 Å². The Morgan fingerprint density at radius 1 is 1.22 bits per heavy atom. The second kappa shape index (κ2) is 5.42. The van der Waals surface area contributed by atoms with Crippen LogP contribution in [-0.4, -0.2) is 48.1 Å². The van der Waals surface area contributed by atoms with Crippen molar-refractivity contribution in [2.24, 2.45) is 0 Å². The maximum absolute atomic E-state index is 10.3. The molecule has 1 unspecified atom stereocenters. The molecule has 1 aromatic carbocycles. The van der Waals surface area contributed by atoms with Crippen LogP contribution in [0.4, 0.5) is 5.69 Å². The summed E-state index contributed by atoms with van der Waals surface area (Å²) < 4.78 is 0. The SMILES string of the molecule is C=C(C(O)c1ccc(N)cc1)N1CCN(C)CC1. The summed E-state index contributed by atoms with van der Waals surface area (Å²) in [7, 11) is 2.11. The van der Waals surface area contributed by atoms with Crippen LogP contribution in [0.1, 0.15) is 11.7 Å². The number of hydrogen-bond acceptors (Lipinski definition) is 4. The predicted octanol–water partition coefficient (Wildman–Crippen LogP) is 1.06. The van der Waals surface area contributed by atoms with Crippen molar-refractivity contribution in [2.75, 3.05) is 39.0 Å². The number of likely N-dealkylation sites (N-methyl/N-ethyl adjacent to an activating group) is 1. The molecule has 0 radical (unpaired) electrons. The maximum Gasteiger partial charge on any atom is 0.118 e. The van der Waals surface area contributed by atoms with Crippen molar-refractivity contribution >= 4 is 5.69 Å². The van der Waals surface area contributed by atoms with E-state index < -0.39 is 6.10 Å². The summed E-state index contributed by atoms with van der Waals surface area (Å²) in [6.45, 7) is 7.88. The van der Waals surface area contributed by atoms with Gasteiger partial charge >= 0.3 is 0 Å². The monoisotopic (exact) mass is 247 g/mol. The Balaban J connectivity index is 2.02. The van der Waals surface area contributed by atoms with Crippen molar-refractivity contribution in [3.8, 4) is 0 Å². The van der Waals surface area contributed by atoms with E-state index in [0.717, 1.165) is 37.4 Å². The van der Waals surface area contributed by atoms with Gasteiger partial charge in [-0.2, -0.15) is 0 Å². The Kier molecular flexibility index (Phi) is 3.89. The zero-order chi connectivity index (χ0) is 13.1. The fourth-order valence-corrected chi connectivity index (χ4v) is 2.14. The number of rotatable bonds is 3. The molecule has 0 amide bonds. The molecule has 1 saturated heterocycles. The van der Waals surface area contributed by atoms with Crippen molar-refractivity contribution in [3.05, 3.63) is 42.1 Å². The van der Waals surface area contributed by atoms with E-state index >= 15 is 0 Å². The normalized spacial score (nSPS) is 18.7. The van der Waals surface area contributed by atoms with Crippen molar-refractivity contribution in [2.45, 2.75) is 6.10 Å². The van der Waals surface area contributed by atoms with Gasteiger partial charge in [0.1, 0.15) is 6.10 Å². The molecule has 1 aliphatic rings. The van der Waals surface area contributed by atoms with E-state index in [0.29, 0.717) is 5.69 Å². The van der Waals surface area contributed by atoms with Gasteiger partial charge < -0.3 is 20.6 Å². The number of anilines is 1. The lowest BCUT2D eigenvalue weighted by molar-refractivity contribution is 0.127. The predicted molar refractivity (Wildman–Crippen MR) is 74.0 cm³/mol. The number of nitrogens with two attached hydrogens (primary N) is 1. The van der Waals surface area contributed by atoms with E-state index in [1.807, 2.05) is 12.1 Å². The molecule has 1 fully saturated rings. The molecule has 18 heavy (non-hydrogen) atoms. The topological polar surface area (TPSA) is 52.7 Å². The minimum atomic E-state index is -0.644. The van der Waals surface area contributed by atoms with Gasteiger partial charge in [-0.15, -0.1) is 0 Å². The second-order valence-electron chi connectivity index (χ2n) is 4.85. The van der Waals surface area contributed by atoms with Crippen molar-refractivity contribution in [1.29, 1.82) is 0 Å². The standard InChI is InChI=1S/C14H21N3O/c1-11(17-9-7-16(2)8-10-17)14(18)12-3-5-13(15)6-4-12/h3-6,14,18H,1,7-10,15H2,2H3. The van der Waals surface area contributed by atoms with Crippen LogP contribution in [0.3, 0.4) is 0 Å². The largest absolute Gasteiger partial charge is 0.399 e. The fraction of sp³-hybridized carbons (Fsp3) is 0.429. The van der Waals surface area contributed by atoms with Crippen molar-refractivity contribution in [1.82, 2.24) is 9.80 Å². The Morgan fingerprint density at radius 3 is 2.33 bits per heavy atom. The van der Waals surface area contributed by atoms with Crippen LogP contribution in [0.25, 0.3) is 0 Å². The van der Waals surface area contributed by atoms with E-state index in [2.05, 4.69) is 23.4 Å². The van der Waals surface area contributed by atoms with Gasteiger partial charge in [0.05, 0.1) is 0 Å². The van der Waals surface area contributed by atoms with E-state index in [9.17, 15) is 5.11 Å². The summed E-state index contributed by atoms with van der Waals surface area (Å²) in [4.78, 5) is 4.43. The van der Waals surface area contributed by atoms with E-state index in [1.54, 1.807) is 12.1 Å². The average molecular weight is 247 g/mol. The van der Waals surface area contributed by atoms with Gasteiger partial charge in [-0.1, -0.05) is 18.7 Å². The zero-order valence-electron chi connectivity index (χ0n) is 10.8. The first-order valence-corrected chi connectivity index (χ1v) is 6.23. The molecule has 0 saturated carbocycles. The van der Waals surface area contributed by atoms with E-state index in [-0.39, 0.29) is 0 Å². The first-order valence-electron chi connectivity index (χ1n) is 6.23. The van der Waals surface area contributed by atoms with Gasteiger partial charge in [-0.05, 0) is 24.7 Å². The molecule has 1 heterocycles. The van der Waals surface area contributed by atoms with Crippen LogP contribution in [0.5, 0.6) is 0 Å². The molecule has 4 nitrogen and oxygen atoms in total. The van der Waals surface area contributed by atoms with Crippen LogP contribution >= 0.6 is 0 Å². The number of nitrogens with zero attached hydrogens (tertiary/aromatic N) is 2. The quantitative estimate of drug-likeness (QED) is 0.784. The molecule has 0 spiro atoms. The molecule has 0 aliphatic carbocycles. The molecule has 1 atom stereocenters. The molecule has 4 heteroatoms. The lowest BCUT2D eigenvalue weighted by atomic mass is 10.1. The van der Waals surface area contributed by atoms with E-state index in [1.165, 1.54) is 0 Å². The fourth-order valence-electron chi connectivity index (χ4n) is 2.14. The first-order chi connectivity index (χ1) is 8.58. The summed E-state index contributed by atoms with van der Waals surface area (Å²) in [5.41, 5.74) is 7.96. The number of benzene rings is 1. The first kappa shape index (κ1) is 12.9. The maximum atomic E-state index is 10.3. The number of piperazine rings is 1. The molecule has 2 rings (SSSR count). The molecule has 98 valence electrons. The van der Waals surface area contributed by atoms with Crippen molar-refractivity contribution in [3.63, 3.8) is 0 Å². The highest BCUT2D eigenvalue weighted by molar-refractivity contribution is 5.41. The van der Waals surface area contributed by atoms with Gasteiger partial charge in [0.15, 0.2) is 0 Å². The van der Waals surface area contributed by atoms with Crippen LogP contribution in [0, 0.1) is 0 Å². The van der Waals surface area contributed by atoms with Gasteiger partial charge in [-0.3, -0.25) is 0 Å². The Bertz CT molecular complexity index is 408. The second-order valence-corrected chi connectivity index (χ2v) is 4.85. The molecular formula is C14H21N3O. The Labute approximate surface area is 108 Å². The third-order valence-corrected chi connectivity index (χ3v) is 3.48. The van der Waals surface area contributed by atoms with Crippen LogP contribution in [-0.2, 0) is 0 Å². The van der Waals surface area contributed by atoms with Gasteiger partial charge in [0, 0.05) is 37.6 Å². The molecule has 1 aromatic rings. The summed E-state index contributed by atoms with van der Waals surface area (Å²) in [6, 6.07) is 7.30. The highest BCUT2D eigenvalue weighted by atomic mass is 16.3. The average Bonchev–Trinajstić information content (AvgIpc) is 2.39. The highest BCUT2D eigenvalue weighted by Crippen LogP contribution is 2.24. The number of hydrogen-bond donors (Lipinski definition) is 2. The molecule has 0 bridgehead atoms. The van der Waals surface area contributed by atoms with Gasteiger partial charge in [0.25, 0.3) is 0 Å². The Morgan fingerprint density at radius 2 is 1.78 bits per heavy atom. The molecular weight excluding hydrogens is 226 g/mol. The van der Waals surface area contributed by atoms with E-state index in [4.69, 9.17) is 5.73 Å². The molecule has 0 aromatic heterocycles. The van der Waals surface area contributed by atoms with Crippen LogP contribution in [0.2, 0.25) is 0 Å². The smallest absolute Gasteiger partial charge is 0.118 e. The Hall–Kier alpha value is -1.52. The summed E-state index contributed by atoms with van der Waals surface area (Å²) >= 11 is 0.